The van der Waals surface area contributed by atoms with Crippen molar-refractivity contribution in [3.63, 3.8) is 0 Å². The van der Waals surface area contributed by atoms with Crippen molar-refractivity contribution >= 4 is 5.91 Å². The number of hydrogen-bond donors (Lipinski definition) is 1. The summed E-state index contributed by atoms with van der Waals surface area (Å²) in [7, 11) is 0. The average Bonchev–Trinajstić information content (AvgIpc) is 2.55. The van der Waals surface area contributed by atoms with Gasteiger partial charge >= 0.3 is 0 Å². The number of nitrogens with one attached hydrogen (secondary N) is 1. The SMILES string of the molecule is CCCN(Cc1ccc(C#N)cc1)C(=O)C1CNCCO1. The van der Waals surface area contributed by atoms with Crippen LogP contribution >= 0.6 is 0 Å². The summed E-state index contributed by atoms with van der Waals surface area (Å²) >= 11 is 0. The van der Waals surface area contributed by atoms with Crippen molar-refractivity contribution in [3.8, 4) is 6.07 Å². The number of benzene rings is 1. The number of amides is 1. The van der Waals surface area contributed by atoms with Crippen LogP contribution in [0.15, 0.2) is 24.3 Å². The van der Waals surface area contributed by atoms with Crippen LogP contribution in [0, 0.1) is 11.3 Å². The molecule has 0 saturated carbocycles. The van der Waals surface area contributed by atoms with Gasteiger partial charge in [-0.05, 0) is 24.1 Å². The molecule has 1 aliphatic rings. The quantitative estimate of drug-likeness (QED) is 0.886. The van der Waals surface area contributed by atoms with Crippen molar-refractivity contribution in [2.75, 3.05) is 26.2 Å². The van der Waals surface area contributed by atoms with Crippen LogP contribution in [0.2, 0.25) is 0 Å². The number of ether oxygens (including phenoxy) is 1. The molecule has 1 unspecified atom stereocenters. The van der Waals surface area contributed by atoms with Crippen LogP contribution in [0.3, 0.4) is 0 Å². The first kappa shape index (κ1) is 15.5. The molecule has 0 aromatic heterocycles. The molecule has 1 aromatic rings. The zero-order valence-corrected chi connectivity index (χ0v) is 12.3. The van der Waals surface area contributed by atoms with Gasteiger partial charge in [0.25, 0.3) is 5.91 Å². The summed E-state index contributed by atoms with van der Waals surface area (Å²) in [6, 6.07) is 9.45. The molecule has 1 saturated heterocycles. The summed E-state index contributed by atoms with van der Waals surface area (Å²) in [5, 5.41) is 12.0. The van der Waals surface area contributed by atoms with Gasteiger partial charge in [-0.25, -0.2) is 0 Å². The molecule has 2 rings (SSSR count). The van der Waals surface area contributed by atoms with Crippen molar-refractivity contribution in [2.24, 2.45) is 0 Å². The molecule has 21 heavy (non-hydrogen) atoms. The predicted molar refractivity (Wildman–Crippen MR) is 79.5 cm³/mol. The third kappa shape index (κ3) is 4.28. The molecule has 1 N–H and O–H groups in total. The molecule has 0 bridgehead atoms. The van der Waals surface area contributed by atoms with E-state index in [1.54, 1.807) is 12.1 Å². The Balaban J connectivity index is 2.03. The Labute approximate surface area is 125 Å². The second-order valence-electron chi connectivity index (χ2n) is 5.13. The lowest BCUT2D eigenvalue weighted by Gasteiger charge is -2.29. The summed E-state index contributed by atoms with van der Waals surface area (Å²) in [5.41, 5.74) is 1.66. The molecule has 5 nitrogen and oxygen atoms in total. The third-order valence-electron chi connectivity index (χ3n) is 3.46. The van der Waals surface area contributed by atoms with Crippen molar-refractivity contribution in [1.29, 1.82) is 5.26 Å². The summed E-state index contributed by atoms with van der Waals surface area (Å²) in [5.74, 6) is 0.0356. The minimum absolute atomic E-state index is 0.0356. The molecule has 0 aliphatic carbocycles. The summed E-state index contributed by atoms with van der Waals surface area (Å²) in [6.07, 6.45) is 0.519. The summed E-state index contributed by atoms with van der Waals surface area (Å²) < 4.78 is 5.54. The van der Waals surface area contributed by atoms with E-state index in [1.165, 1.54) is 0 Å². The molecular formula is C16H21N3O2. The highest BCUT2D eigenvalue weighted by atomic mass is 16.5. The van der Waals surface area contributed by atoms with E-state index in [2.05, 4.69) is 18.3 Å². The highest BCUT2D eigenvalue weighted by molar-refractivity contribution is 5.81. The molecule has 1 atom stereocenters. The topological polar surface area (TPSA) is 65.4 Å². The van der Waals surface area contributed by atoms with Gasteiger partial charge in [0.2, 0.25) is 0 Å². The Morgan fingerprint density at radius 2 is 2.24 bits per heavy atom. The van der Waals surface area contributed by atoms with E-state index >= 15 is 0 Å². The number of carbonyl (C=O) groups is 1. The molecule has 112 valence electrons. The summed E-state index contributed by atoms with van der Waals surface area (Å²) in [6.45, 7) is 5.27. The maximum Gasteiger partial charge on any atom is 0.253 e. The predicted octanol–water partition coefficient (Wildman–Crippen LogP) is 1.29. The Bertz CT molecular complexity index is 501. The van der Waals surface area contributed by atoms with Gasteiger partial charge in [-0.3, -0.25) is 4.79 Å². The first-order valence-corrected chi connectivity index (χ1v) is 7.34. The van der Waals surface area contributed by atoms with Crippen LogP contribution in [0.25, 0.3) is 0 Å². The zero-order chi connectivity index (χ0) is 15.1. The van der Waals surface area contributed by atoms with E-state index in [0.717, 1.165) is 18.5 Å². The van der Waals surface area contributed by atoms with Gasteiger partial charge in [0.05, 0.1) is 18.2 Å². The Kier molecular flexibility index (Phi) is 5.73. The van der Waals surface area contributed by atoms with Crippen molar-refractivity contribution in [1.82, 2.24) is 10.2 Å². The monoisotopic (exact) mass is 287 g/mol. The highest BCUT2D eigenvalue weighted by Crippen LogP contribution is 2.11. The minimum atomic E-state index is -0.385. The maximum absolute atomic E-state index is 12.5. The lowest BCUT2D eigenvalue weighted by Crippen LogP contribution is -2.49. The van der Waals surface area contributed by atoms with Gasteiger partial charge in [-0.2, -0.15) is 5.26 Å². The average molecular weight is 287 g/mol. The second kappa shape index (κ2) is 7.77. The number of carbonyl (C=O) groups excluding carboxylic acids is 1. The first-order chi connectivity index (χ1) is 10.2. The van der Waals surface area contributed by atoms with Gasteiger partial charge in [0, 0.05) is 26.2 Å². The van der Waals surface area contributed by atoms with Gasteiger partial charge in [0.15, 0.2) is 0 Å². The van der Waals surface area contributed by atoms with E-state index in [9.17, 15) is 4.79 Å². The Hall–Kier alpha value is -1.90. The molecule has 1 aromatic carbocycles. The fourth-order valence-corrected chi connectivity index (χ4v) is 2.37. The van der Waals surface area contributed by atoms with E-state index in [1.807, 2.05) is 17.0 Å². The summed E-state index contributed by atoms with van der Waals surface area (Å²) in [4.78, 5) is 14.4. The van der Waals surface area contributed by atoms with Crippen LogP contribution in [-0.2, 0) is 16.1 Å². The molecule has 1 fully saturated rings. The van der Waals surface area contributed by atoms with Crippen LogP contribution in [0.1, 0.15) is 24.5 Å². The van der Waals surface area contributed by atoms with Gasteiger partial charge < -0.3 is 15.0 Å². The van der Waals surface area contributed by atoms with Crippen molar-refractivity contribution in [3.05, 3.63) is 35.4 Å². The van der Waals surface area contributed by atoms with E-state index in [0.29, 0.717) is 31.8 Å². The number of nitriles is 1. The first-order valence-electron chi connectivity index (χ1n) is 7.34. The molecule has 1 amide bonds. The van der Waals surface area contributed by atoms with Crippen LogP contribution < -0.4 is 5.32 Å². The Morgan fingerprint density at radius 1 is 1.48 bits per heavy atom. The van der Waals surface area contributed by atoms with E-state index in [4.69, 9.17) is 10.00 Å². The lowest BCUT2D eigenvalue weighted by molar-refractivity contribution is -0.145. The molecular weight excluding hydrogens is 266 g/mol. The smallest absolute Gasteiger partial charge is 0.253 e. The van der Waals surface area contributed by atoms with E-state index in [-0.39, 0.29) is 12.0 Å². The molecule has 5 heteroatoms. The van der Waals surface area contributed by atoms with Gasteiger partial charge in [-0.1, -0.05) is 19.1 Å². The number of morpholine rings is 1. The van der Waals surface area contributed by atoms with Crippen LogP contribution in [-0.4, -0.2) is 43.2 Å². The molecule has 1 aliphatic heterocycles. The van der Waals surface area contributed by atoms with E-state index < -0.39 is 0 Å². The van der Waals surface area contributed by atoms with Crippen LogP contribution in [0.4, 0.5) is 0 Å². The highest BCUT2D eigenvalue weighted by Gasteiger charge is 2.26. The lowest BCUT2D eigenvalue weighted by atomic mass is 10.1. The number of rotatable bonds is 5. The fraction of sp³-hybridized carbons (Fsp3) is 0.500. The maximum atomic E-state index is 12.5. The normalized spacial score (nSPS) is 18.0. The third-order valence-corrected chi connectivity index (χ3v) is 3.46. The van der Waals surface area contributed by atoms with Gasteiger partial charge in [0.1, 0.15) is 6.10 Å². The number of hydrogen-bond acceptors (Lipinski definition) is 4. The van der Waals surface area contributed by atoms with Crippen LogP contribution in [0.5, 0.6) is 0 Å². The number of nitrogens with zero attached hydrogens (tertiary/aromatic N) is 2. The molecule has 1 heterocycles. The second-order valence-corrected chi connectivity index (χ2v) is 5.13. The van der Waals surface area contributed by atoms with Gasteiger partial charge in [-0.15, -0.1) is 0 Å². The fourth-order valence-electron chi connectivity index (χ4n) is 2.37. The van der Waals surface area contributed by atoms with Crippen molar-refractivity contribution < 1.29 is 9.53 Å². The zero-order valence-electron chi connectivity index (χ0n) is 12.3. The largest absolute Gasteiger partial charge is 0.366 e. The minimum Gasteiger partial charge on any atom is -0.366 e. The standard InChI is InChI=1S/C16H21N3O2/c1-2-8-19(16(20)15-11-18-7-9-21-15)12-14-5-3-13(10-17)4-6-14/h3-6,15,18H,2,7-9,11-12H2,1H3. The Morgan fingerprint density at radius 3 is 2.81 bits per heavy atom. The van der Waals surface area contributed by atoms with Crippen molar-refractivity contribution in [2.45, 2.75) is 26.0 Å². The molecule has 0 radical (unpaired) electrons. The molecule has 0 spiro atoms.